The maximum absolute atomic E-state index is 11.8. The number of hydrogen-bond donors (Lipinski definition) is 1. The molecule has 1 rings (SSSR count). The Balaban J connectivity index is 2.45. The predicted molar refractivity (Wildman–Crippen MR) is 71.4 cm³/mol. The van der Waals surface area contributed by atoms with E-state index < -0.39 is 21.5 Å². The van der Waals surface area contributed by atoms with E-state index in [1.165, 1.54) is 13.8 Å². The molecule has 1 aromatic carbocycles. The fourth-order valence-electron chi connectivity index (χ4n) is 1.22. The second kappa shape index (κ2) is 6.00. The number of carboxylic acid groups (broad SMARTS) is 1. The van der Waals surface area contributed by atoms with Crippen LogP contribution >= 0.6 is 0 Å². The Bertz CT molecular complexity index is 437. The molecular weight excluding hydrogens is 252 g/mol. The van der Waals surface area contributed by atoms with Gasteiger partial charge in [-0.15, -0.1) is 0 Å². The quantitative estimate of drug-likeness (QED) is 0.858. The van der Waals surface area contributed by atoms with Crippen LogP contribution in [0, 0.1) is 6.92 Å². The highest BCUT2D eigenvalue weighted by Gasteiger charge is 2.34. The van der Waals surface area contributed by atoms with Gasteiger partial charge in [0.15, 0.2) is 0 Å². The predicted octanol–water partition coefficient (Wildman–Crippen LogP) is 1.99. The Kier molecular flexibility index (Phi) is 4.90. The molecule has 1 N–H and O–H groups in total. The molecular formula is C13H18O4S. The van der Waals surface area contributed by atoms with Crippen molar-refractivity contribution in [3.63, 3.8) is 0 Å². The molecule has 0 aromatic heterocycles. The molecule has 1 aromatic rings. The van der Waals surface area contributed by atoms with Gasteiger partial charge in [0.1, 0.15) is 10.5 Å². The number of hydrogen-bond acceptors (Lipinski definition) is 3. The summed E-state index contributed by atoms with van der Waals surface area (Å²) in [4.78, 5) is 10.9. The summed E-state index contributed by atoms with van der Waals surface area (Å²) in [5.74, 6) is -0.158. The van der Waals surface area contributed by atoms with Gasteiger partial charge in [-0.2, -0.15) is 0 Å². The summed E-state index contributed by atoms with van der Waals surface area (Å²) in [6.07, 6.45) is 0. The van der Waals surface area contributed by atoms with Crippen molar-refractivity contribution in [2.24, 2.45) is 0 Å². The number of rotatable bonds is 6. The van der Waals surface area contributed by atoms with E-state index in [4.69, 9.17) is 9.84 Å². The number of ether oxygens (including phenoxy) is 1. The molecule has 0 aliphatic heterocycles. The molecule has 0 saturated heterocycles. The van der Waals surface area contributed by atoms with Crippen LogP contribution in [0.15, 0.2) is 24.3 Å². The zero-order valence-electron chi connectivity index (χ0n) is 10.8. The fourth-order valence-corrected chi connectivity index (χ4v) is 2.16. The van der Waals surface area contributed by atoms with E-state index in [2.05, 4.69) is 0 Å². The third-order valence-corrected chi connectivity index (χ3v) is 4.49. The molecule has 0 heterocycles. The summed E-state index contributed by atoms with van der Waals surface area (Å²) in [5.41, 5.74) is 1.14. The van der Waals surface area contributed by atoms with Gasteiger partial charge >= 0.3 is 5.97 Å². The first-order valence-electron chi connectivity index (χ1n) is 5.65. The molecule has 0 aliphatic rings. The zero-order valence-corrected chi connectivity index (χ0v) is 11.6. The lowest BCUT2D eigenvalue weighted by atomic mass is 10.2. The SMILES string of the molecule is Cc1ccc(OCCS(=O)C(C)(C)C(=O)O)cc1. The number of benzene rings is 1. The van der Waals surface area contributed by atoms with Gasteiger partial charge in [0.05, 0.1) is 12.4 Å². The molecule has 0 radical (unpaired) electrons. The first-order valence-corrected chi connectivity index (χ1v) is 6.97. The standard InChI is InChI=1S/C13H18O4S/c1-10-4-6-11(7-5-10)17-8-9-18(16)13(2,3)12(14)15/h4-7H,8-9H2,1-3H3,(H,14,15). The third kappa shape index (κ3) is 3.84. The van der Waals surface area contributed by atoms with E-state index in [0.717, 1.165) is 5.56 Å². The summed E-state index contributed by atoms with van der Waals surface area (Å²) in [6.45, 7) is 5.13. The number of carbonyl (C=O) groups is 1. The molecule has 1 atom stereocenters. The minimum absolute atomic E-state index is 0.202. The normalized spacial score (nSPS) is 13.1. The highest BCUT2D eigenvalue weighted by molar-refractivity contribution is 7.87. The number of aliphatic carboxylic acids is 1. The second-order valence-corrected chi connectivity index (χ2v) is 6.65. The van der Waals surface area contributed by atoms with Crippen molar-refractivity contribution in [2.75, 3.05) is 12.4 Å². The molecule has 0 bridgehead atoms. The van der Waals surface area contributed by atoms with E-state index in [9.17, 15) is 9.00 Å². The van der Waals surface area contributed by atoms with Crippen LogP contribution in [0.5, 0.6) is 5.75 Å². The molecule has 0 fully saturated rings. The van der Waals surface area contributed by atoms with Crippen LogP contribution < -0.4 is 4.74 Å². The van der Waals surface area contributed by atoms with Crippen LogP contribution in [0.3, 0.4) is 0 Å². The van der Waals surface area contributed by atoms with Gasteiger partial charge < -0.3 is 9.84 Å². The molecule has 1 unspecified atom stereocenters. The molecule has 0 spiro atoms. The Hall–Kier alpha value is -1.36. The molecule has 5 heteroatoms. The molecule has 100 valence electrons. The molecule has 0 aliphatic carbocycles. The van der Waals surface area contributed by atoms with E-state index in [1.54, 1.807) is 0 Å². The van der Waals surface area contributed by atoms with Gasteiger partial charge in [0.2, 0.25) is 0 Å². The Morgan fingerprint density at radius 2 is 1.89 bits per heavy atom. The van der Waals surface area contributed by atoms with Gasteiger partial charge in [0.25, 0.3) is 0 Å². The van der Waals surface area contributed by atoms with Gasteiger partial charge in [-0.25, -0.2) is 0 Å². The minimum Gasteiger partial charge on any atom is -0.493 e. The van der Waals surface area contributed by atoms with Gasteiger partial charge in [-0.3, -0.25) is 9.00 Å². The van der Waals surface area contributed by atoms with Crippen molar-refractivity contribution in [3.05, 3.63) is 29.8 Å². The maximum Gasteiger partial charge on any atom is 0.321 e. The Morgan fingerprint density at radius 1 is 1.33 bits per heavy atom. The molecule has 18 heavy (non-hydrogen) atoms. The highest BCUT2D eigenvalue weighted by Crippen LogP contribution is 2.15. The summed E-state index contributed by atoms with van der Waals surface area (Å²) in [5, 5.41) is 8.92. The van der Waals surface area contributed by atoms with E-state index in [1.807, 2.05) is 31.2 Å². The smallest absolute Gasteiger partial charge is 0.321 e. The number of aryl methyl sites for hydroxylation is 1. The van der Waals surface area contributed by atoms with Crippen molar-refractivity contribution < 1.29 is 18.8 Å². The fraction of sp³-hybridized carbons (Fsp3) is 0.462. The monoisotopic (exact) mass is 270 g/mol. The highest BCUT2D eigenvalue weighted by atomic mass is 32.2. The third-order valence-electron chi connectivity index (χ3n) is 2.64. The molecule has 0 saturated carbocycles. The molecule has 0 amide bonds. The lowest BCUT2D eigenvalue weighted by molar-refractivity contribution is -0.139. The van der Waals surface area contributed by atoms with Crippen LogP contribution in [-0.4, -0.2) is 32.4 Å². The largest absolute Gasteiger partial charge is 0.493 e. The van der Waals surface area contributed by atoms with Crippen molar-refractivity contribution in [1.82, 2.24) is 0 Å². The zero-order chi connectivity index (χ0) is 13.8. The number of carboxylic acids is 1. The summed E-state index contributed by atoms with van der Waals surface area (Å²) in [6, 6.07) is 7.52. The van der Waals surface area contributed by atoms with E-state index in [0.29, 0.717) is 5.75 Å². The van der Waals surface area contributed by atoms with Crippen LogP contribution in [0.2, 0.25) is 0 Å². The maximum atomic E-state index is 11.8. The van der Waals surface area contributed by atoms with Crippen molar-refractivity contribution >= 4 is 16.8 Å². The van der Waals surface area contributed by atoms with Crippen LogP contribution in [-0.2, 0) is 15.6 Å². The first kappa shape index (κ1) is 14.7. The van der Waals surface area contributed by atoms with Crippen molar-refractivity contribution in [2.45, 2.75) is 25.5 Å². The lowest BCUT2D eigenvalue weighted by Crippen LogP contribution is -2.38. The van der Waals surface area contributed by atoms with Gasteiger partial charge in [-0.1, -0.05) is 17.7 Å². The lowest BCUT2D eigenvalue weighted by Gasteiger charge is -2.18. The van der Waals surface area contributed by atoms with Crippen LogP contribution in [0.4, 0.5) is 0 Å². The second-order valence-electron chi connectivity index (χ2n) is 4.53. The van der Waals surface area contributed by atoms with Gasteiger partial charge in [0, 0.05) is 10.8 Å². The van der Waals surface area contributed by atoms with Crippen molar-refractivity contribution in [1.29, 1.82) is 0 Å². The Labute approximate surface area is 109 Å². The summed E-state index contributed by atoms with van der Waals surface area (Å²) < 4.78 is 16.0. The van der Waals surface area contributed by atoms with Crippen LogP contribution in [0.25, 0.3) is 0 Å². The van der Waals surface area contributed by atoms with Gasteiger partial charge in [-0.05, 0) is 32.9 Å². The Morgan fingerprint density at radius 3 is 2.39 bits per heavy atom. The van der Waals surface area contributed by atoms with E-state index >= 15 is 0 Å². The minimum atomic E-state index is -1.46. The van der Waals surface area contributed by atoms with Crippen molar-refractivity contribution in [3.8, 4) is 5.75 Å². The topological polar surface area (TPSA) is 63.6 Å². The van der Waals surface area contributed by atoms with E-state index in [-0.39, 0.29) is 12.4 Å². The first-order chi connectivity index (χ1) is 8.34. The molecule has 4 nitrogen and oxygen atoms in total. The van der Waals surface area contributed by atoms with Crippen LogP contribution in [0.1, 0.15) is 19.4 Å². The average molecular weight is 270 g/mol. The summed E-state index contributed by atoms with van der Waals surface area (Å²) >= 11 is 0. The summed E-state index contributed by atoms with van der Waals surface area (Å²) in [7, 11) is -1.46. The average Bonchev–Trinajstić information content (AvgIpc) is 2.31.